The van der Waals surface area contributed by atoms with E-state index in [0.717, 1.165) is 5.56 Å². The molecular formula is C16H17FN2O. The van der Waals surface area contributed by atoms with E-state index in [-0.39, 0.29) is 11.7 Å². The molecule has 2 rings (SSSR count). The van der Waals surface area contributed by atoms with Crippen LogP contribution in [-0.2, 0) is 0 Å². The molecule has 2 aromatic carbocycles. The Kier molecular flexibility index (Phi) is 4.03. The molecule has 3 N–H and O–H groups in total. The molecule has 0 aromatic heterocycles. The molecule has 2 aromatic rings. The fourth-order valence-electron chi connectivity index (χ4n) is 2.05. The lowest BCUT2D eigenvalue weighted by Crippen LogP contribution is -2.28. The molecule has 4 heteroatoms. The molecule has 0 unspecified atom stereocenters. The number of amides is 1. The molecular weight excluding hydrogens is 255 g/mol. The minimum atomic E-state index is -0.427. The van der Waals surface area contributed by atoms with E-state index in [1.807, 2.05) is 13.0 Å². The SMILES string of the molecule is Cc1ccc(N)c(C(=O)N[C@H](C)c2ccccc2F)c1. The second-order valence-corrected chi connectivity index (χ2v) is 4.81. The highest BCUT2D eigenvalue weighted by molar-refractivity contribution is 5.99. The number of rotatable bonds is 3. The molecule has 0 heterocycles. The summed E-state index contributed by atoms with van der Waals surface area (Å²) in [5.41, 5.74) is 8.02. The van der Waals surface area contributed by atoms with Crippen molar-refractivity contribution in [3.05, 3.63) is 65.0 Å². The Morgan fingerprint density at radius 3 is 2.65 bits per heavy atom. The quantitative estimate of drug-likeness (QED) is 0.843. The van der Waals surface area contributed by atoms with Crippen molar-refractivity contribution in [1.82, 2.24) is 5.32 Å². The fourth-order valence-corrected chi connectivity index (χ4v) is 2.05. The molecule has 0 spiro atoms. The molecule has 1 amide bonds. The van der Waals surface area contributed by atoms with Crippen molar-refractivity contribution in [3.63, 3.8) is 0 Å². The van der Waals surface area contributed by atoms with Crippen LogP contribution in [0.2, 0.25) is 0 Å². The molecule has 20 heavy (non-hydrogen) atoms. The Bertz CT molecular complexity index is 640. The van der Waals surface area contributed by atoms with Crippen LogP contribution < -0.4 is 11.1 Å². The molecule has 0 aliphatic rings. The van der Waals surface area contributed by atoms with Gasteiger partial charge in [0, 0.05) is 11.3 Å². The Morgan fingerprint density at radius 2 is 1.95 bits per heavy atom. The monoisotopic (exact) mass is 272 g/mol. The summed E-state index contributed by atoms with van der Waals surface area (Å²) in [6, 6.07) is 11.2. The predicted molar refractivity (Wildman–Crippen MR) is 77.9 cm³/mol. The van der Waals surface area contributed by atoms with Crippen molar-refractivity contribution in [2.45, 2.75) is 19.9 Å². The third-order valence-electron chi connectivity index (χ3n) is 3.17. The number of halogens is 1. The number of nitrogens with one attached hydrogen (secondary N) is 1. The lowest BCUT2D eigenvalue weighted by molar-refractivity contribution is 0.0940. The standard InChI is InChI=1S/C16H17FN2O/c1-10-7-8-15(18)13(9-10)16(20)19-11(2)12-5-3-4-6-14(12)17/h3-9,11H,18H2,1-2H3,(H,19,20)/t11-/m1/s1. The van der Waals surface area contributed by atoms with E-state index in [2.05, 4.69) is 5.32 Å². The van der Waals surface area contributed by atoms with Crippen LogP contribution in [0.1, 0.15) is 34.5 Å². The number of hydrogen-bond acceptors (Lipinski definition) is 2. The molecule has 104 valence electrons. The Hall–Kier alpha value is -2.36. The lowest BCUT2D eigenvalue weighted by Gasteiger charge is -2.16. The van der Waals surface area contributed by atoms with E-state index in [1.165, 1.54) is 6.07 Å². The van der Waals surface area contributed by atoms with E-state index in [0.29, 0.717) is 16.8 Å². The summed E-state index contributed by atoms with van der Waals surface area (Å²) in [7, 11) is 0. The maximum absolute atomic E-state index is 13.7. The Balaban J connectivity index is 2.20. The Morgan fingerprint density at radius 1 is 1.25 bits per heavy atom. The van der Waals surface area contributed by atoms with Crippen LogP contribution in [0, 0.1) is 12.7 Å². The fraction of sp³-hybridized carbons (Fsp3) is 0.188. The number of hydrogen-bond donors (Lipinski definition) is 2. The first-order valence-corrected chi connectivity index (χ1v) is 6.40. The van der Waals surface area contributed by atoms with Crippen LogP contribution in [-0.4, -0.2) is 5.91 Å². The van der Waals surface area contributed by atoms with Crippen molar-refractivity contribution in [2.75, 3.05) is 5.73 Å². The van der Waals surface area contributed by atoms with Gasteiger partial charge in [-0.25, -0.2) is 4.39 Å². The first-order chi connectivity index (χ1) is 9.49. The normalized spacial score (nSPS) is 11.9. The van der Waals surface area contributed by atoms with Gasteiger partial charge in [-0.3, -0.25) is 4.79 Å². The average molecular weight is 272 g/mol. The van der Waals surface area contributed by atoms with Crippen LogP contribution >= 0.6 is 0 Å². The van der Waals surface area contributed by atoms with E-state index < -0.39 is 6.04 Å². The zero-order valence-electron chi connectivity index (χ0n) is 11.5. The van der Waals surface area contributed by atoms with Crippen LogP contribution in [0.25, 0.3) is 0 Å². The minimum Gasteiger partial charge on any atom is -0.398 e. The number of nitrogen functional groups attached to an aromatic ring is 1. The molecule has 0 fully saturated rings. The maximum Gasteiger partial charge on any atom is 0.253 e. The minimum absolute atomic E-state index is 0.304. The molecule has 1 atom stereocenters. The topological polar surface area (TPSA) is 55.1 Å². The second-order valence-electron chi connectivity index (χ2n) is 4.81. The van der Waals surface area contributed by atoms with Gasteiger partial charge in [0.05, 0.1) is 11.6 Å². The zero-order chi connectivity index (χ0) is 14.7. The van der Waals surface area contributed by atoms with Crippen molar-refractivity contribution in [3.8, 4) is 0 Å². The van der Waals surface area contributed by atoms with Crippen LogP contribution in [0.15, 0.2) is 42.5 Å². The van der Waals surface area contributed by atoms with Gasteiger partial charge in [-0.15, -0.1) is 0 Å². The third-order valence-corrected chi connectivity index (χ3v) is 3.17. The van der Waals surface area contributed by atoms with Crippen LogP contribution in [0.3, 0.4) is 0 Å². The number of carbonyl (C=O) groups excluding carboxylic acids is 1. The smallest absolute Gasteiger partial charge is 0.253 e. The largest absolute Gasteiger partial charge is 0.398 e. The van der Waals surface area contributed by atoms with Crippen molar-refractivity contribution >= 4 is 11.6 Å². The van der Waals surface area contributed by atoms with Gasteiger partial charge >= 0.3 is 0 Å². The summed E-state index contributed by atoms with van der Waals surface area (Å²) in [6.45, 7) is 3.62. The number of aryl methyl sites for hydroxylation is 1. The molecule has 0 aliphatic carbocycles. The van der Waals surface area contributed by atoms with Gasteiger partial charge in [-0.2, -0.15) is 0 Å². The molecule has 0 radical (unpaired) electrons. The van der Waals surface area contributed by atoms with Crippen molar-refractivity contribution in [2.24, 2.45) is 0 Å². The highest BCUT2D eigenvalue weighted by atomic mass is 19.1. The second kappa shape index (κ2) is 5.74. The van der Waals surface area contributed by atoms with Gasteiger partial charge in [0.25, 0.3) is 5.91 Å². The van der Waals surface area contributed by atoms with Gasteiger partial charge in [0.2, 0.25) is 0 Å². The number of benzene rings is 2. The number of nitrogens with two attached hydrogens (primary N) is 1. The van der Waals surface area contributed by atoms with Crippen molar-refractivity contribution < 1.29 is 9.18 Å². The zero-order valence-corrected chi connectivity index (χ0v) is 11.5. The van der Waals surface area contributed by atoms with E-state index in [1.54, 1.807) is 37.3 Å². The third kappa shape index (κ3) is 2.96. The van der Waals surface area contributed by atoms with Gasteiger partial charge in [-0.1, -0.05) is 29.8 Å². The van der Waals surface area contributed by atoms with Crippen LogP contribution in [0.5, 0.6) is 0 Å². The molecule has 0 aliphatic heterocycles. The first kappa shape index (κ1) is 14.1. The molecule has 0 bridgehead atoms. The highest BCUT2D eigenvalue weighted by Crippen LogP contribution is 2.19. The van der Waals surface area contributed by atoms with Crippen molar-refractivity contribution in [1.29, 1.82) is 0 Å². The van der Waals surface area contributed by atoms with E-state index in [4.69, 9.17) is 5.73 Å². The van der Waals surface area contributed by atoms with Gasteiger partial charge < -0.3 is 11.1 Å². The molecule has 0 saturated carbocycles. The average Bonchev–Trinajstić information content (AvgIpc) is 2.41. The summed E-state index contributed by atoms with van der Waals surface area (Å²) in [5, 5.41) is 2.76. The van der Waals surface area contributed by atoms with E-state index >= 15 is 0 Å². The predicted octanol–water partition coefficient (Wildman–Crippen LogP) is 3.21. The molecule has 0 saturated heterocycles. The summed E-state index contributed by atoms with van der Waals surface area (Å²) < 4.78 is 13.7. The van der Waals surface area contributed by atoms with Crippen LogP contribution in [0.4, 0.5) is 10.1 Å². The van der Waals surface area contributed by atoms with Gasteiger partial charge in [-0.05, 0) is 32.0 Å². The Labute approximate surface area is 117 Å². The maximum atomic E-state index is 13.7. The highest BCUT2D eigenvalue weighted by Gasteiger charge is 2.16. The summed E-state index contributed by atoms with van der Waals surface area (Å²) in [5.74, 6) is -0.639. The molecule has 3 nitrogen and oxygen atoms in total. The number of carbonyl (C=O) groups is 1. The van der Waals surface area contributed by atoms with Gasteiger partial charge in [0.15, 0.2) is 0 Å². The summed E-state index contributed by atoms with van der Waals surface area (Å²) >= 11 is 0. The van der Waals surface area contributed by atoms with E-state index in [9.17, 15) is 9.18 Å². The first-order valence-electron chi connectivity index (χ1n) is 6.40. The lowest BCUT2D eigenvalue weighted by atomic mass is 10.1. The van der Waals surface area contributed by atoms with Gasteiger partial charge in [0.1, 0.15) is 5.82 Å². The summed E-state index contributed by atoms with van der Waals surface area (Å²) in [6.07, 6.45) is 0. The summed E-state index contributed by atoms with van der Waals surface area (Å²) in [4.78, 5) is 12.2. The number of anilines is 1.